The van der Waals surface area contributed by atoms with Crippen LogP contribution in [0.25, 0.3) is 0 Å². The number of rotatable bonds is 5. The molecule has 2 aromatic rings. The number of carbonyl (C=O) groups is 2. The SMILES string of the molecule is CC(=O)N(CCC(=O)N1CCN(c2ccc(F)cc2)CC1)c1cccc(C)c1. The second kappa shape index (κ2) is 8.87. The first kappa shape index (κ1) is 19.9. The number of aryl methyl sites for hydroxylation is 1. The molecule has 0 bridgehead atoms. The molecule has 0 aromatic heterocycles. The van der Waals surface area contributed by atoms with Gasteiger partial charge in [-0.1, -0.05) is 12.1 Å². The monoisotopic (exact) mass is 383 g/mol. The summed E-state index contributed by atoms with van der Waals surface area (Å²) in [6, 6.07) is 14.2. The minimum atomic E-state index is -0.249. The van der Waals surface area contributed by atoms with E-state index in [0.717, 1.165) is 16.9 Å². The lowest BCUT2D eigenvalue weighted by Gasteiger charge is -2.36. The highest BCUT2D eigenvalue weighted by atomic mass is 19.1. The topological polar surface area (TPSA) is 43.9 Å². The number of benzene rings is 2. The van der Waals surface area contributed by atoms with Gasteiger partial charge in [-0.2, -0.15) is 0 Å². The average molecular weight is 383 g/mol. The smallest absolute Gasteiger partial charge is 0.224 e. The Morgan fingerprint density at radius 2 is 1.71 bits per heavy atom. The number of hydrogen-bond acceptors (Lipinski definition) is 3. The highest BCUT2D eigenvalue weighted by Gasteiger charge is 2.22. The number of carbonyl (C=O) groups excluding carboxylic acids is 2. The number of piperazine rings is 1. The van der Waals surface area contributed by atoms with Crippen molar-refractivity contribution >= 4 is 23.2 Å². The molecular formula is C22H26FN3O2. The van der Waals surface area contributed by atoms with Crippen molar-refractivity contribution in [2.75, 3.05) is 42.5 Å². The molecule has 0 spiro atoms. The van der Waals surface area contributed by atoms with E-state index in [2.05, 4.69) is 4.90 Å². The molecule has 0 atom stereocenters. The molecule has 1 heterocycles. The van der Waals surface area contributed by atoms with Crippen molar-refractivity contribution in [1.82, 2.24) is 4.90 Å². The normalized spacial score (nSPS) is 14.1. The van der Waals surface area contributed by atoms with Gasteiger partial charge in [-0.3, -0.25) is 9.59 Å². The molecular weight excluding hydrogens is 357 g/mol. The van der Waals surface area contributed by atoms with Gasteiger partial charge in [0, 0.05) is 57.4 Å². The maximum atomic E-state index is 13.1. The summed E-state index contributed by atoms with van der Waals surface area (Å²) in [5, 5.41) is 0. The third kappa shape index (κ3) is 4.88. The summed E-state index contributed by atoms with van der Waals surface area (Å²) in [7, 11) is 0. The molecule has 1 aliphatic rings. The lowest BCUT2D eigenvalue weighted by molar-refractivity contribution is -0.131. The van der Waals surface area contributed by atoms with E-state index in [1.165, 1.54) is 19.1 Å². The van der Waals surface area contributed by atoms with E-state index in [0.29, 0.717) is 39.1 Å². The third-order valence-electron chi connectivity index (χ3n) is 5.07. The highest BCUT2D eigenvalue weighted by molar-refractivity contribution is 5.92. The zero-order valence-electron chi connectivity index (χ0n) is 16.4. The van der Waals surface area contributed by atoms with Crippen molar-refractivity contribution in [2.45, 2.75) is 20.3 Å². The van der Waals surface area contributed by atoms with Crippen LogP contribution >= 0.6 is 0 Å². The predicted molar refractivity (Wildman–Crippen MR) is 109 cm³/mol. The van der Waals surface area contributed by atoms with Crippen LogP contribution in [0.5, 0.6) is 0 Å². The van der Waals surface area contributed by atoms with Gasteiger partial charge in [0.2, 0.25) is 11.8 Å². The van der Waals surface area contributed by atoms with Gasteiger partial charge >= 0.3 is 0 Å². The summed E-state index contributed by atoms with van der Waals surface area (Å²) in [6.45, 7) is 6.55. The van der Waals surface area contributed by atoms with E-state index in [9.17, 15) is 14.0 Å². The van der Waals surface area contributed by atoms with Gasteiger partial charge in [-0.05, 0) is 48.9 Å². The fourth-order valence-corrected chi connectivity index (χ4v) is 3.50. The van der Waals surface area contributed by atoms with E-state index in [1.54, 1.807) is 17.0 Å². The van der Waals surface area contributed by atoms with Crippen LogP contribution in [0.3, 0.4) is 0 Å². The maximum Gasteiger partial charge on any atom is 0.224 e. The molecule has 6 heteroatoms. The molecule has 2 amide bonds. The Labute approximate surface area is 165 Å². The number of nitrogens with zero attached hydrogens (tertiary/aromatic N) is 3. The molecule has 2 aromatic carbocycles. The summed E-state index contributed by atoms with van der Waals surface area (Å²) in [4.78, 5) is 30.3. The summed E-state index contributed by atoms with van der Waals surface area (Å²) in [5.41, 5.74) is 2.86. The highest BCUT2D eigenvalue weighted by Crippen LogP contribution is 2.19. The van der Waals surface area contributed by atoms with Gasteiger partial charge in [-0.15, -0.1) is 0 Å². The molecule has 0 saturated carbocycles. The molecule has 1 aliphatic heterocycles. The fourth-order valence-electron chi connectivity index (χ4n) is 3.50. The second-order valence-corrected chi connectivity index (χ2v) is 7.10. The van der Waals surface area contributed by atoms with E-state index >= 15 is 0 Å². The molecule has 3 rings (SSSR count). The minimum absolute atomic E-state index is 0.0534. The Kier molecular flexibility index (Phi) is 6.29. The van der Waals surface area contributed by atoms with Crippen molar-refractivity contribution in [2.24, 2.45) is 0 Å². The Morgan fingerprint density at radius 1 is 1.04 bits per heavy atom. The standard InChI is InChI=1S/C22H26FN3O2/c1-17-4-3-5-21(16-17)26(18(2)27)11-10-22(28)25-14-12-24(13-15-25)20-8-6-19(23)7-9-20/h3-9,16H,10-15H2,1-2H3. The van der Waals surface area contributed by atoms with Gasteiger partial charge in [-0.25, -0.2) is 4.39 Å². The summed E-state index contributed by atoms with van der Waals surface area (Å²) in [6.07, 6.45) is 0.296. The van der Waals surface area contributed by atoms with E-state index in [-0.39, 0.29) is 17.6 Å². The van der Waals surface area contributed by atoms with Crippen LogP contribution < -0.4 is 9.80 Å². The Hall–Kier alpha value is -2.89. The average Bonchev–Trinajstić information content (AvgIpc) is 2.68. The van der Waals surface area contributed by atoms with Crippen molar-refractivity contribution in [3.63, 3.8) is 0 Å². The van der Waals surface area contributed by atoms with Gasteiger partial charge < -0.3 is 14.7 Å². The van der Waals surface area contributed by atoms with Crippen LogP contribution in [0.2, 0.25) is 0 Å². The first-order chi connectivity index (χ1) is 13.4. The molecule has 5 nitrogen and oxygen atoms in total. The van der Waals surface area contributed by atoms with Crippen molar-refractivity contribution in [3.05, 3.63) is 59.9 Å². The number of anilines is 2. The third-order valence-corrected chi connectivity index (χ3v) is 5.07. The van der Waals surface area contributed by atoms with Crippen molar-refractivity contribution in [1.29, 1.82) is 0 Å². The lowest BCUT2D eigenvalue weighted by Crippen LogP contribution is -2.49. The maximum absolute atomic E-state index is 13.1. The van der Waals surface area contributed by atoms with Gasteiger partial charge in [0.15, 0.2) is 0 Å². The Balaban J connectivity index is 1.53. The van der Waals surface area contributed by atoms with Crippen molar-refractivity contribution in [3.8, 4) is 0 Å². The van der Waals surface area contributed by atoms with Crippen LogP contribution in [-0.2, 0) is 9.59 Å². The molecule has 0 radical (unpaired) electrons. The molecule has 28 heavy (non-hydrogen) atoms. The number of halogens is 1. The Bertz CT molecular complexity index is 830. The molecule has 0 aliphatic carbocycles. The first-order valence-electron chi connectivity index (χ1n) is 9.57. The van der Waals surface area contributed by atoms with Crippen LogP contribution in [0.1, 0.15) is 18.9 Å². The van der Waals surface area contributed by atoms with Crippen LogP contribution in [0.15, 0.2) is 48.5 Å². The summed E-state index contributed by atoms with van der Waals surface area (Å²) >= 11 is 0. The zero-order valence-corrected chi connectivity index (χ0v) is 16.4. The van der Waals surface area contributed by atoms with Crippen LogP contribution in [-0.4, -0.2) is 49.4 Å². The molecule has 0 unspecified atom stereocenters. The molecule has 1 saturated heterocycles. The number of amides is 2. The molecule has 148 valence electrons. The van der Waals surface area contributed by atoms with Crippen LogP contribution in [0.4, 0.5) is 15.8 Å². The summed E-state index contributed by atoms with van der Waals surface area (Å²) < 4.78 is 13.1. The minimum Gasteiger partial charge on any atom is -0.368 e. The largest absolute Gasteiger partial charge is 0.368 e. The van der Waals surface area contributed by atoms with Crippen molar-refractivity contribution < 1.29 is 14.0 Å². The van der Waals surface area contributed by atoms with E-state index in [4.69, 9.17) is 0 Å². The summed E-state index contributed by atoms with van der Waals surface area (Å²) in [5.74, 6) is -0.265. The van der Waals surface area contributed by atoms with E-state index < -0.39 is 0 Å². The predicted octanol–water partition coefficient (Wildman–Crippen LogP) is 3.23. The first-order valence-corrected chi connectivity index (χ1v) is 9.57. The number of hydrogen-bond donors (Lipinski definition) is 0. The van der Waals surface area contributed by atoms with Gasteiger partial charge in [0.25, 0.3) is 0 Å². The van der Waals surface area contributed by atoms with E-state index in [1.807, 2.05) is 36.1 Å². The fraction of sp³-hybridized carbons (Fsp3) is 0.364. The molecule has 1 fully saturated rings. The lowest BCUT2D eigenvalue weighted by atomic mass is 10.2. The van der Waals surface area contributed by atoms with Crippen LogP contribution in [0, 0.1) is 12.7 Å². The quantitative estimate of drug-likeness (QED) is 0.796. The second-order valence-electron chi connectivity index (χ2n) is 7.10. The Morgan fingerprint density at radius 3 is 2.32 bits per heavy atom. The van der Waals surface area contributed by atoms with Gasteiger partial charge in [0.1, 0.15) is 5.82 Å². The van der Waals surface area contributed by atoms with Gasteiger partial charge in [0.05, 0.1) is 0 Å². The molecule has 0 N–H and O–H groups in total. The zero-order chi connectivity index (χ0) is 20.1.